The average molecular weight is 239 g/mol. The molecule has 1 fully saturated rings. The van der Waals surface area contributed by atoms with Gasteiger partial charge in [0.2, 0.25) is 0 Å². The van der Waals surface area contributed by atoms with Gasteiger partial charge in [-0.05, 0) is 44.4 Å². The van der Waals surface area contributed by atoms with Crippen molar-refractivity contribution in [3.8, 4) is 0 Å². The van der Waals surface area contributed by atoms with Gasteiger partial charge >= 0.3 is 0 Å². The van der Waals surface area contributed by atoms with Crippen LogP contribution in [0.5, 0.6) is 0 Å². The molecule has 2 heterocycles. The zero-order valence-corrected chi connectivity index (χ0v) is 10.7. The van der Waals surface area contributed by atoms with Crippen LogP contribution >= 0.6 is 11.3 Å². The first-order valence-corrected chi connectivity index (χ1v) is 6.78. The van der Waals surface area contributed by atoms with Crippen molar-refractivity contribution in [1.29, 1.82) is 0 Å². The van der Waals surface area contributed by atoms with Gasteiger partial charge in [-0.3, -0.25) is 0 Å². The van der Waals surface area contributed by atoms with E-state index < -0.39 is 0 Å². The molecule has 0 aromatic carbocycles. The van der Waals surface area contributed by atoms with Crippen LogP contribution < -0.4 is 11.1 Å². The summed E-state index contributed by atoms with van der Waals surface area (Å²) in [5.41, 5.74) is 6.11. The molecule has 1 aliphatic heterocycles. The highest BCUT2D eigenvalue weighted by Gasteiger charge is 2.31. The highest BCUT2D eigenvalue weighted by Crippen LogP contribution is 2.21. The van der Waals surface area contributed by atoms with Crippen molar-refractivity contribution in [2.45, 2.75) is 24.9 Å². The molecular formula is C12H21N3S. The normalized spacial score (nSPS) is 21.1. The quantitative estimate of drug-likeness (QED) is 0.831. The fourth-order valence-corrected chi connectivity index (χ4v) is 2.83. The zero-order chi connectivity index (χ0) is 11.4. The number of thiophene rings is 1. The van der Waals surface area contributed by atoms with E-state index in [9.17, 15) is 0 Å². The lowest BCUT2D eigenvalue weighted by Gasteiger charge is -2.40. The Kier molecular flexibility index (Phi) is 3.97. The third-order valence-electron chi connectivity index (χ3n) is 3.55. The molecule has 0 bridgehead atoms. The van der Waals surface area contributed by atoms with Crippen LogP contribution in [0.4, 0.5) is 0 Å². The molecule has 0 amide bonds. The maximum absolute atomic E-state index is 5.95. The SMILES string of the molecule is CN1CCC(CN)(NCc2cccs2)CC1. The van der Waals surface area contributed by atoms with E-state index in [-0.39, 0.29) is 5.54 Å². The molecule has 3 nitrogen and oxygen atoms in total. The molecule has 0 saturated carbocycles. The maximum Gasteiger partial charge on any atom is 0.0331 e. The van der Waals surface area contributed by atoms with E-state index in [2.05, 4.69) is 34.8 Å². The van der Waals surface area contributed by atoms with Gasteiger partial charge in [-0.2, -0.15) is 0 Å². The van der Waals surface area contributed by atoms with Crippen LogP contribution in [0.3, 0.4) is 0 Å². The van der Waals surface area contributed by atoms with Crippen LogP contribution in [0.2, 0.25) is 0 Å². The monoisotopic (exact) mass is 239 g/mol. The number of nitrogens with two attached hydrogens (primary N) is 1. The molecule has 0 spiro atoms. The maximum atomic E-state index is 5.95. The zero-order valence-electron chi connectivity index (χ0n) is 9.91. The average Bonchev–Trinajstić information content (AvgIpc) is 2.82. The number of nitrogens with one attached hydrogen (secondary N) is 1. The van der Waals surface area contributed by atoms with E-state index in [4.69, 9.17) is 5.73 Å². The van der Waals surface area contributed by atoms with Gasteiger partial charge in [0.15, 0.2) is 0 Å². The molecule has 0 atom stereocenters. The first-order chi connectivity index (χ1) is 7.74. The molecule has 0 unspecified atom stereocenters. The Balaban J connectivity index is 1.89. The molecular weight excluding hydrogens is 218 g/mol. The van der Waals surface area contributed by atoms with Crippen molar-refractivity contribution in [3.63, 3.8) is 0 Å². The van der Waals surface area contributed by atoms with Crippen LogP contribution in [0.25, 0.3) is 0 Å². The molecule has 1 aromatic rings. The van der Waals surface area contributed by atoms with Crippen molar-refractivity contribution in [1.82, 2.24) is 10.2 Å². The predicted octanol–water partition coefficient (Wildman–Crippen LogP) is 1.26. The lowest BCUT2D eigenvalue weighted by atomic mass is 9.87. The van der Waals surface area contributed by atoms with E-state index in [1.165, 1.54) is 4.88 Å². The van der Waals surface area contributed by atoms with Crippen LogP contribution in [0.15, 0.2) is 17.5 Å². The first-order valence-electron chi connectivity index (χ1n) is 5.90. The molecule has 1 aromatic heterocycles. The van der Waals surface area contributed by atoms with Crippen molar-refractivity contribution in [2.24, 2.45) is 5.73 Å². The minimum Gasteiger partial charge on any atom is -0.329 e. The highest BCUT2D eigenvalue weighted by molar-refractivity contribution is 7.09. The summed E-state index contributed by atoms with van der Waals surface area (Å²) in [4.78, 5) is 3.77. The van der Waals surface area contributed by atoms with Gasteiger partial charge in [0.25, 0.3) is 0 Å². The van der Waals surface area contributed by atoms with Gasteiger partial charge in [-0.1, -0.05) is 6.07 Å². The summed E-state index contributed by atoms with van der Waals surface area (Å²) in [5.74, 6) is 0. The van der Waals surface area contributed by atoms with Gasteiger partial charge in [-0.25, -0.2) is 0 Å². The van der Waals surface area contributed by atoms with Gasteiger partial charge < -0.3 is 16.0 Å². The van der Waals surface area contributed by atoms with Crippen molar-refractivity contribution >= 4 is 11.3 Å². The molecule has 90 valence electrons. The second kappa shape index (κ2) is 5.27. The molecule has 1 saturated heterocycles. The second-order valence-corrected chi connectivity index (χ2v) is 5.75. The van der Waals surface area contributed by atoms with E-state index >= 15 is 0 Å². The highest BCUT2D eigenvalue weighted by atomic mass is 32.1. The van der Waals surface area contributed by atoms with Gasteiger partial charge in [0.1, 0.15) is 0 Å². The summed E-state index contributed by atoms with van der Waals surface area (Å²) < 4.78 is 0. The topological polar surface area (TPSA) is 41.3 Å². The molecule has 16 heavy (non-hydrogen) atoms. The first kappa shape index (κ1) is 12.0. The van der Waals surface area contributed by atoms with Crippen LogP contribution in [-0.2, 0) is 6.54 Å². The van der Waals surface area contributed by atoms with Crippen molar-refractivity contribution in [2.75, 3.05) is 26.7 Å². The van der Waals surface area contributed by atoms with E-state index in [0.717, 1.165) is 39.0 Å². The molecule has 0 aliphatic carbocycles. The standard InChI is InChI=1S/C12H21N3S/c1-15-6-4-12(10-13,5-7-15)14-9-11-3-2-8-16-11/h2-3,8,14H,4-7,9-10,13H2,1H3. The fraction of sp³-hybridized carbons (Fsp3) is 0.667. The van der Waals surface area contributed by atoms with E-state index in [1.807, 2.05) is 11.3 Å². The summed E-state index contributed by atoms with van der Waals surface area (Å²) in [5, 5.41) is 5.79. The number of hydrogen-bond donors (Lipinski definition) is 2. The largest absolute Gasteiger partial charge is 0.329 e. The predicted molar refractivity (Wildman–Crippen MR) is 69.7 cm³/mol. The number of nitrogens with zero attached hydrogens (tertiary/aromatic N) is 1. The van der Waals surface area contributed by atoms with Gasteiger partial charge in [0.05, 0.1) is 0 Å². The molecule has 0 radical (unpaired) electrons. The molecule has 1 aliphatic rings. The van der Waals surface area contributed by atoms with E-state index in [0.29, 0.717) is 0 Å². The molecule has 4 heteroatoms. The van der Waals surface area contributed by atoms with Crippen molar-refractivity contribution in [3.05, 3.63) is 22.4 Å². The fourth-order valence-electron chi connectivity index (χ4n) is 2.19. The Morgan fingerprint density at radius 3 is 2.81 bits per heavy atom. The number of hydrogen-bond acceptors (Lipinski definition) is 4. The van der Waals surface area contributed by atoms with Gasteiger partial charge in [0, 0.05) is 23.5 Å². The summed E-state index contributed by atoms with van der Waals surface area (Å²) in [6.07, 6.45) is 2.32. The van der Waals surface area contributed by atoms with Crippen LogP contribution in [-0.4, -0.2) is 37.1 Å². The minimum absolute atomic E-state index is 0.163. The van der Waals surface area contributed by atoms with Crippen LogP contribution in [0.1, 0.15) is 17.7 Å². The lowest BCUT2D eigenvalue weighted by Crippen LogP contribution is -2.56. The summed E-state index contributed by atoms with van der Waals surface area (Å²) >= 11 is 1.81. The Labute approximate surface area is 102 Å². The Bertz CT molecular complexity index is 302. The van der Waals surface area contributed by atoms with Crippen LogP contribution in [0, 0.1) is 0 Å². The third kappa shape index (κ3) is 2.83. The Hall–Kier alpha value is -0.420. The number of piperidine rings is 1. The van der Waals surface area contributed by atoms with E-state index in [1.54, 1.807) is 0 Å². The number of rotatable bonds is 4. The number of likely N-dealkylation sites (tertiary alicyclic amines) is 1. The summed E-state index contributed by atoms with van der Waals surface area (Å²) in [7, 11) is 2.18. The molecule has 3 N–H and O–H groups in total. The third-order valence-corrected chi connectivity index (χ3v) is 4.43. The van der Waals surface area contributed by atoms with Crippen molar-refractivity contribution < 1.29 is 0 Å². The minimum atomic E-state index is 0.163. The summed E-state index contributed by atoms with van der Waals surface area (Å²) in [6.45, 7) is 3.99. The Morgan fingerprint density at radius 1 is 1.50 bits per heavy atom. The summed E-state index contributed by atoms with van der Waals surface area (Å²) in [6, 6.07) is 4.28. The second-order valence-electron chi connectivity index (χ2n) is 4.72. The smallest absolute Gasteiger partial charge is 0.0331 e. The molecule has 2 rings (SSSR count). The van der Waals surface area contributed by atoms with Gasteiger partial charge in [-0.15, -0.1) is 11.3 Å². The Morgan fingerprint density at radius 2 is 2.25 bits per heavy atom. The lowest BCUT2D eigenvalue weighted by molar-refractivity contribution is 0.161.